The number of carboxylic acids is 1. The highest BCUT2D eigenvalue weighted by atomic mass is 16.4. The number of piperidine rings is 1. The molecule has 1 aliphatic heterocycles. The number of amides is 2. The summed E-state index contributed by atoms with van der Waals surface area (Å²) in [5.74, 6) is -1.02. The van der Waals surface area contributed by atoms with Crippen molar-refractivity contribution in [2.75, 3.05) is 13.1 Å². The average molecular weight is 353 g/mol. The van der Waals surface area contributed by atoms with E-state index in [9.17, 15) is 9.59 Å². The summed E-state index contributed by atoms with van der Waals surface area (Å²) in [5.41, 5.74) is 5.07. The number of carbonyl (C=O) groups excluding carboxylic acids is 2. The van der Waals surface area contributed by atoms with Crippen LogP contribution in [0.4, 0.5) is 0 Å². The molecule has 2 amide bonds. The van der Waals surface area contributed by atoms with Crippen LogP contribution < -0.4 is 16.4 Å². The first-order valence-corrected chi connectivity index (χ1v) is 9.34. The number of hydrogen-bond donors (Lipinski definition) is 4. The number of carboxylic acid groups (broad SMARTS) is 1. The van der Waals surface area contributed by atoms with Crippen molar-refractivity contribution in [3.8, 4) is 0 Å². The fraction of sp³-hybridized carbons (Fsp3) is 0.833. The highest BCUT2D eigenvalue weighted by Gasteiger charge is 2.58. The van der Waals surface area contributed by atoms with Gasteiger partial charge in [-0.2, -0.15) is 0 Å². The first-order valence-electron chi connectivity index (χ1n) is 9.34. The van der Waals surface area contributed by atoms with Crippen LogP contribution in [0.5, 0.6) is 0 Å². The van der Waals surface area contributed by atoms with E-state index in [4.69, 9.17) is 15.6 Å². The molecule has 0 aromatic rings. The van der Waals surface area contributed by atoms with Crippen LogP contribution in [0.3, 0.4) is 0 Å². The van der Waals surface area contributed by atoms with Crippen LogP contribution in [-0.4, -0.2) is 41.5 Å². The van der Waals surface area contributed by atoms with Crippen molar-refractivity contribution in [2.24, 2.45) is 17.1 Å². The Morgan fingerprint density at radius 1 is 1.04 bits per heavy atom. The van der Waals surface area contributed by atoms with Gasteiger partial charge in [0.15, 0.2) is 0 Å². The standard InChI is InChI=1S/C16H27N3O2.C2H4O2/c17-14(21)16(5-3-1-2-4-6-16)19-13(20)12-11-15(12)7-9-18-10-8-15;1-2(3)4/h12,18H,1-11H2,(H2,17,21)(H,19,20);1H3,(H,3,4). The summed E-state index contributed by atoms with van der Waals surface area (Å²) in [6.07, 6.45) is 8.75. The number of hydrogen-bond acceptors (Lipinski definition) is 4. The van der Waals surface area contributed by atoms with E-state index in [1.165, 1.54) is 0 Å². The maximum atomic E-state index is 12.6. The first kappa shape index (κ1) is 19.7. The third-order valence-corrected chi connectivity index (χ3v) is 5.90. The fourth-order valence-corrected chi connectivity index (χ4v) is 4.28. The minimum absolute atomic E-state index is 0.0672. The quantitative estimate of drug-likeness (QED) is 0.567. The summed E-state index contributed by atoms with van der Waals surface area (Å²) in [7, 11) is 0. The van der Waals surface area contributed by atoms with Gasteiger partial charge in [-0.1, -0.05) is 25.7 Å². The molecule has 1 saturated heterocycles. The van der Waals surface area contributed by atoms with E-state index >= 15 is 0 Å². The summed E-state index contributed by atoms with van der Waals surface area (Å²) in [5, 5.41) is 13.8. The van der Waals surface area contributed by atoms with E-state index in [1.54, 1.807) is 0 Å². The van der Waals surface area contributed by atoms with Crippen molar-refractivity contribution < 1.29 is 19.5 Å². The zero-order chi connectivity index (χ0) is 18.5. The number of aliphatic carboxylic acids is 1. The van der Waals surface area contributed by atoms with Gasteiger partial charge in [0.05, 0.1) is 0 Å². The smallest absolute Gasteiger partial charge is 0.300 e. The van der Waals surface area contributed by atoms with Crippen LogP contribution in [0.2, 0.25) is 0 Å². The highest BCUT2D eigenvalue weighted by molar-refractivity contribution is 5.92. The molecule has 3 aliphatic rings. The second kappa shape index (κ2) is 8.17. The second-order valence-electron chi connectivity index (χ2n) is 7.74. The lowest BCUT2D eigenvalue weighted by molar-refractivity contribution is -0.134. The van der Waals surface area contributed by atoms with Gasteiger partial charge in [0.25, 0.3) is 5.97 Å². The highest BCUT2D eigenvalue weighted by Crippen LogP contribution is 2.58. The van der Waals surface area contributed by atoms with Crippen LogP contribution in [0.15, 0.2) is 0 Å². The van der Waals surface area contributed by atoms with Crippen LogP contribution in [0.25, 0.3) is 0 Å². The van der Waals surface area contributed by atoms with Crippen LogP contribution in [-0.2, 0) is 14.4 Å². The van der Waals surface area contributed by atoms with Gasteiger partial charge in [0.2, 0.25) is 11.8 Å². The largest absolute Gasteiger partial charge is 0.481 e. The molecule has 1 spiro atoms. The number of rotatable bonds is 3. The molecule has 25 heavy (non-hydrogen) atoms. The summed E-state index contributed by atoms with van der Waals surface area (Å²) in [6.45, 7) is 3.09. The predicted molar refractivity (Wildman–Crippen MR) is 93.7 cm³/mol. The van der Waals surface area contributed by atoms with E-state index in [-0.39, 0.29) is 23.1 Å². The lowest BCUT2D eigenvalue weighted by Crippen LogP contribution is -2.58. The minimum Gasteiger partial charge on any atom is -0.481 e. The molecule has 0 aromatic heterocycles. The van der Waals surface area contributed by atoms with Crippen molar-refractivity contribution in [1.82, 2.24) is 10.6 Å². The average Bonchev–Trinajstić information content (AvgIpc) is 3.28. The molecule has 1 atom stereocenters. The Kier molecular flexibility index (Phi) is 6.43. The fourth-order valence-electron chi connectivity index (χ4n) is 4.28. The molecule has 3 rings (SSSR count). The predicted octanol–water partition coefficient (Wildman–Crippen LogP) is 1.16. The molecule has 0 aromatic carbocycles. The SMILES string of the molecule is CC(=O)O.NC(=O)C1(NC(=O)C2CC23CCNCC3)CCCCCC1. The molecule has 1 unspecified atom stereocenters. The maximum absolute atomic E-state index is 12.6. The van der Waals surface area contributed by atoms with Gasteiger partial charge in [-0.3, -0.25) is 14.4 Å². The second-order valence-corrected chi connectivity index (χ2v) is 7.74. The molecular weight excluding hydrogens is 322 g/mol. The zero-order valence-corrected chi connectivity index (χ0v) is 15.1. The molecule has 0 bridgehead atoms. The number of primary amides is 1. The summed E-state index contributed by atoms with van der Waals surface area (Å²) in [6, 6.07) is 0. The van der Waals surface area contributed by atoms with Gasteiger partial charge < -0.3 is 21.5 Å². The normalized spacial score (nSPS) is 26.5. The molecule has 0 radical (unpaired) electrons. The number of nitrogens with two attached hydrogens (primary N) is 1. The Labute approximate surface area is 149 Å². The lowest BCUT2D eigenvalue weighted by Gasteiger charge is -2.31. The minimum atomic E-state index is -0.833. The Balaban J connectivity index is 0.000000511. The Morgan fingerprint density at radius 3 is 2.04 bits per heavy atom. The van der Waals surface area contributed by atoms with Crippen molar-refractivity contribution >= 4 is 17.8 Å². The van der Waals surface area contributed by atoms with Gasteiger partial charge in [-0.15, -0.1) is 0 Å². The van der Waals surface area contributed by atoms with Crippen LogP contribution in [0.1, 0.15) is 64.7 Å². The van der Waals surface area contributed by atoms with E-state index in [0.29, 0.717) is 12.8 Å². The molecule has 2 aliphatic carbocycles. The Hall–Kier alpha value is -1.63. The third kappa shape index (κ3) is 4.93. The van der Waals surface area contributed by atoms with Crippen molar-refractivity contribution in [2.45, 2.75) is 70.3 Å². The van der Waals surface area contributed by atoms with Gasteiger partial charge in [0.1, 0.15) is 5.54 Å². The van der Waals surface area contributed by atoms with E-state index < -0.39 is 11.5 Å². The topological polar surface area (TPSA) is 122 Å². The Morgan fingerprint density at radius 2 is 1.56 bits per heavy atom. The molecule has 7 nitrogen and oxygen atoms in total. The van der Waals surface area contributed by atoms with Crippen molar-refractivity contribution in [1.29, 1.82) is 0 Å². The Bertz CT molecular complexity index is 502. The van der Waals surface area contributed by atoms with Gasteiger partial charge in [-0.25, -0.2) is 0 Å². The van der Waals surface area contributed by atoms with Crippen molar-refractivity contribution in [3.05, 3.63) is 0 Å². The molecule has 3 fully saturated rings. The maximum Gasteiger partial charge on any atom is 0.300 e. The summed E-state index contributed by atoms with van der Waals surface area (Å²) in [4.78, 5) is 33.6. The summed E-state index contributed by atoms with van der Waals surface area (Å²) < 4.78 is 0. The van der Waals surface area contributed by atoms with Crippen molar-refractivity contribution in [3.63, 3.8) is 0 Å². The molecule has 5 N–H and O–H groups in total. The number of nitrogens with one attached hydrogen (secondary N) is 2. The third-order valence-electron chi connectivity index (χ3n) is 5.90. The van der Waals surface area contributed by atoms with Gasteiger partial charge in [-0.05, 0) is 50.6 Å². The first-order chi connectivity index (χ1) is 11.8. The van der Waals surface area contributed by atoms with Crippen LogP contribution >= 0.6 is 0 Å². The lowest BCUT2D eigenvalue weighted by atomic mass is 9.87. The summed E-state index contributed by atoms with van der Waals surface area (Å²) >= 11 is 0. The van der Waals surface area contributed by atoms with Crippen LogP contribution in [0, 0.1) is 11.3 Å². The molecule has 1 heterocycles. The van der Waals surface area contributed by atoms with E-state index in [1.807, 2.05) is 0 Å². The van der Waals surface area contributed by atoms with Gasteiger partial charge >= 0.3 is 0 Å². The number of carbonyl (C=O) groups is 3. The van der Waals surface area contributed by atoms with E-state index in [2.05, 4.69) is 10.6 Å². The molecule has 142 valence electrons. The monoisotopic (exact) mass is 353 g/mol. The van der Waals surface area contributed by atoms with Gasteiger partial charge in [0, 0.05) is 12.8 Å². The molecule has 7 heteroatoms. The molecule has 2 saturated carbocycles. The molecular formula is C18H31N3O4. The zero-order valence-electron chi connectivity index (χ0n) is 15.1. The van der Waals surface area contributed by atoms with E-state index in [0.717, 1.165) is 65.0 Å².